The highest BCUT2D eigenvalue weighted by Crippen LogP contribution is 2.24. The molecule has 3 aromatic rings. The summed E-state index contributed by atoms with van der Waals surface area (Å²) in [6.07, 6.45) is 5.96. The van der Waals surface area contributed by atoms with Crippen LogP contribution in [0.25, 0.3) is 0 Å². The SMILES string of the molecule is Cc1ccc(N(CCCC(=O)N(Cc2cccc(Cl)c2)[C@@H](Cc2ccccc2)C(=O)NC2CCCC2)S(C)(=O)=O)cc1C. The van der Waals surface area contributed by atoms with Gasteiger partial charge in [-0.15, -0.1) is 0 Å². The van der Waals surface area contributed by atoms with Crippen LogP contribution < -0.4 is 9.62 Å². The monoisotopic (exact) mass is 623 g/mol. The molecular weight excluding hydrogens is 582 g/mol. The van der Waals surface area contributed by atoms with Gasteiger partial charge in [0, 0.05) is 37.0 Å². The molecule has 1 aliphatic rings. The van der Waals surface area contributed by atoms with Gasteiger partial charge in [-0.1, -0.05) is 73.0 Å². The first kappa shape index (κ1) is 32.6. The van der Waals surface area contributed by atoms with Gasteiger partial charge < -0.3 is 10.2 Å². The lowest BCUT2D eigenvalue weighted by atomic mass is 10.0. The van der Waals surface area contributed by atoms with Gasteiger partial charge in [-0.3, -0.25) is 13.9 Å². The Morgan fingerprint density at radius 3 is 2.28 bits per heavy atom. The van der Waals surface area contributed by atoms with E-state index in [1.54, 1.807) is 23.1 Å². The first-order valence-electron chi connectivity index (χ1n) is 14.9. The maximum absolute atomic E-state index is 14.0. The summed E-state index contributed by atoms with van der Waals surface area (Å²) in [5.41, 5.74) is 4.42. The standard InChI is InChI=1S/C34H42ClN3O4S/c1-25-18-19-31(21-26(25)2)38(43(3,41)42)20-10-17-33(39)37(24-28-13-9-14-29(35)22-28)32(23-27-11-5-4-6-12-27)34(40)36-30-15-7-8-16-30/h4-6,9,11-14,18-19,21-22,30,32H,7-8,10,15-17,20,23-24H2,1-3H3,(H,36,40)/t32-/m0/s1. The summed E-state index contributed by atoms with van der Waals surface area (Å²) >= 11 is 6.29. The fourth-order valence-corrected chi connectivity index (χ4v) is 6.81. The van der Waals surface area contributed by atoms with Crippen molar-refractivity contribution < 1.29 is 18.0 Å². The minimum Gasteiger partial charge on any atom is -0.352 e. The molecule has 3 aromatic carbocycles. The minimum absolute atomic E-state index is 0.0828. The molecule has 0 spiro atoms. The van der Waals surface area contributed by atoms with E-state index in [-0.39, 0.29) is 37.4 Å². The fourth-order valence-electron chi connectivity index (χ4n) is 5.64. The molecule has 1 atom stereocenters. The lowest BCUT2D eigenvalue weighted by Crippen LogP contribution is -2.52. The van der Waals surface area contributed by atoms with Crippen molar-refractivity contribution in [3.05, 3.63) is 100 Å². The predicted molar refractivity (Wildman–Crippen MR) is 174 cm³/mol. The Kier molecular flexibility index (Phi) is 11.3. The molecule has 43 heavy (non-hydrogen) atoms. The second-order valence-corrected chi connectivity index (χ2v) is 13.9. The number of aryl methyl sites for hydroxylation is 2. The van der Waals surface area contributed by atoms with Crippen molar-refractivity contribution in [2.45, 2.75) is 77.4 Å². The van der Waals surface area contributed by atoms with Gasteiger partial charge in [0.1, 0.15) is 6.04 Å². The van der Waals surface area contributed by atoms with Crippen molar-refractivity contribution >= 4 is 39.1 Å². The Hall–Kier alpha value is -3.36. The molecule has 1 saturated carbocycles. The molecule has 0 heterocycles. The van der Waals surface area contributed by atoms with E-state index in [4.69, 9.17) is 11.6 Å². The summed E-state index contributed by atoms with van der Waals surface area (Å²) in [4.78, 5) is 29.5. The molecule has 9 heteroatoms. The molecule has 0 aliphatic heterocycles. The zero-order chi connectivity index (χ0) is 31.0. The molecule has 0 aromatic heterocycles. The largest absolute Gasteiger partial charge is 0.352 e. The highest BCUT2D eigenvalue weighted by molar-refractivity contribution is 7.92. The van der Waals surface area contributed by atoms with Gasteiger partial charge in [-0.2, -0.15) is 0 Å². The van der Waals surface area contributed by atoms with E-state index in [0.717, 1.165) is 47.9 Å². The summed E-state index contributed by atoms with van der Waals surface area (Å²) in [7, 11) is -3.57. The first-order chi connectivity index (χ1) is 20.5. The molecule has 1 N–H and O–H groups in total. The highest BCUT2D eigenvalue weighted by atomic mass is 35.5. The zero-order valence-corrected chi connectivity index (χ0v) is 26.8. The highest BCUT2D eigenvalue weighted by Gasteiger charge is 2.32. The second-order valence-electron chi connectivity index (χ2n) is 11.6. The molecule has 230 valence electrons. The van der Waals surface area contributed by atoms with Crippen LogP contribution in [0, 0.1) is 13.8 Å². The van der Waals surface area contributed by atoms with E-state index in [2.05, 4.69) is 5.32 Å². The normalized spacial score (nSPS) is 14.3. The van der Waals surface area contributed by atoms with E-state index in [0.29, 0.717) is 23.6 Å². The van der Waals surface area contributed by atoms with Crippen molar-refractivity contribution in [3.63, 3.8) is 0 Å². The maximum Gasteiger partial charge on any atom is 0.243 e. The van der Waals surface area contributed by atoms with Crippen molar-refractivity contribution in [1.82, 2.24) is 10.2 Å². The molecule has 7 nitrogen and oxygen atoms in total. The third-order valence-corrected chi connectivity index (χ3v) is 9.57. The second kappa shape index (κ2) is 14.9. The molecule has 0 unspecified atom stereocenters. The van der Waals surface area contributed by atoms with Gasteiger partial charge in [-0.25, -0.2) is 8.42 Å². The number of rotatable bonds is 13. The molecule has 4 rings (SSSR count). The maximum atomic E-state index is 14.0. The number of nitrogens with zero attached hydrogens (tertiary/aromatic N) is 2. The fraction of sp³-hybridized carbons (Fsp3) is 0.412. The summed E-state index contributed by atoms with van der Waals surface area (Å²) in [5, 5.41) is 3.76. The Bertz CT molecular complexity index is 1510. The lowest BCUT2D eigenvalue weighted by molar-refractivity contribution is -0.141. The summed E-state index contributed by atoms with van der Waals surface area (Å²) < 4.78 is 26.8. The number of hydrogen-bond acceptors (Lipinski definition) is 4. The molecule has 1 aliphatic carbocycles. The van der Waals surface area contributed by atoms with Gasteiger partial charge in [0.15, 0.2) is 0 Å². The van der Waals surface area contributed by atoms with Gasteiger partial charge in [0.25, 0.3) is 0 Å². The van der Waals surface area contributed by atoms with E-state index >= 15 is 0 Å². The van der Waals surface area contributed by atoms with Crippen LogP contribution in [0.2, 0.25) is 5.02 Å². The van der Waals surface area contributed by atoms with E-state index in [1.165, 1.54) is 10.6 Å². The van der Waals surface area contributed by atoms with Gasteiger partial charge in [0.2, 0.25) is 21.8 Å². The molecule has 0 radical (unpaired) electrons. The van der Waals surface area contributed by atoms with Crippen LogP contribution in [-0.2, 0) is 32.6 Å². The third-order valence-electron chi connectivity index (χ3n) is 8.15. The third kappa shape index (κ3) is 9.31. The number of anilines is 1. The quantitative estimate of drug-likeness (QED) is 0.246. The van der Waals surface area contributed by atoms with Crippen molar-refractivity contribution in [2.24, 2.45) is 0 Å². The Balaban J connectivity index is 1.59. The summed E-state index contributed by atoms with van der Waals surface area (Å²) in [6, 6.07) is 21.9. The van der Waals surface area contributed by atoms with Gasteiger partial charge in [-0.05, 0) is 79.6 Å². The van der Waals surface area contributed by atoms with Crippen LogP contribution in [0.3, 0.4) is 0 Å². The van der Waals surface area contributed by atoms with E-state index in [1.807, 2.05) is 68.4 Å². The molecule has 0 saturated heterocycles. The van der Waals surface area contributed by atoms with Crippen LogP contribution in [0.15, 0.2) is 72.8 Å². The Morgan fingerprint density at radius 2 is 1.63 bits per heavy atom. The van der Waals surface area contributed by atoms with Gasteiger partial charge >= 0.3 is 0 Å². The van der Waals surface area contributed by atoms with Crippen molar-refractivity contribution in [2.75, 3.05) is 17.1 Å². The number of carbonyl (C=O) groups excluding carboxylic acids is 2. The Labute approximate surface area is 261 Å². The zero-order valence-electron chi connectivity index (χ0n) is 25.3. The van der Waals surface area contributed by atoms with Crippen LogP contribution >= 0.6 is 11.6 Å². The minimum atomic E-state index is -3.57. The number of carbonyl (C=O) groups is 2. The van der Waals surface area contributed by atoms with Crippen LogP contribution in [0.1, 0.15) is 60.8 Å². The van der Waals surface area contributed by atoms with Crippen LogP contribution in [0.5, 0.6) is 0 Å². The van der Waals surface area contributed by atoms with Crippen molar-refractivity contribution in [3.8, 4) is 0 Å². The number of sulfonamides is 1. The number of hydrogen-bond donors (Lipinski definition) is 1. The van der Waals surface area contributed by atoms with E-state index in [9.17, 15) is 18.0 Å². The first-order valence-corrected chi connectivity index (χ1v) is 17.2. The van der Waals surface area contributed by atoms with Crippen molar-refractivity contribution in [1.29, 1.82) is 0 Å². The smallest absolute Gasteiger partial charge is 0.243 e. The molecule has 0 bridgehead atoms. The topological polar surface area (TPSA) is 86.8 Å². The molecule has 2 amide bonds. The number of benzene rings is 3. The molecular formula is C34H42ClN3O4S. The lowest BCUT2D eigenvalue weighted by Gasteiger charge is -2.33. The summed E-state index contributed by atoms with van der Waals surface area (Å²) in [5.74, 6) is -0.380. The number of amides is 2. The number of halogens is 1. The average molecular weight is 624 g/mol. The van der Waals surface area contributed by atoms with Crippen LogP contribution in [-0.4, -0.2) is 50.0 Å². The van der Waals surface area contributed by atoms with Gasteiger partial charge in [0.05, 0.1) is 11.9 Å². The Morgan fingerprint density at radius 1 is 0.930 bits per heavy atom. The molecule has 1 fully saturated rings. The average Bonchev–Trinajstić information content (AvgIpc) is 3.47. The van der Waals surface area contributed by atoms with E-state index < -0.39 is 16.1 Å². The predicted octanol–water partition coefficient (Wildman–Crippen LogP) is 6.20. The summed E-state index contributed by atoms with van der Waals surface area (Å²) in [6.45, 7) is 4.28. The number of nitrogens with one attached hydrogen (secondary N) is 1. The van der Waals surface area contributed by atoms with Crippen LogP contribution in [0.4, 0.5) is 5.69 Å².